The minimum atomic E-state index is 0.419. The van der Waals surface area contributed by atoms with Crippen molar-refractivity contribution in [1.29, 1.82) is 0 Å². The molecule has 1 nitrogen and oxygen atoms in total. The summed E-state index contributed by atoms with van der Waals surface area (Å²) >= 11 is 5.33. The number of likely N-dealkylation sites (N-methyl/N-ethyl adjacent to an activating group) is 1. The maximum atomic E-state index is 3.61. The first-order valence-electron chi connectivity index (χ1n) is 7.34. The molecule has 1 aliphatic carbocycles. The number of fused-ring (bicyclic) bond motifs is 1. The Labute approximate surface area is 133 Å². The van der Waals surface area contributed by atoms with Gasteiger partial charge in [0.2, 0.25) is 0 Å². The monoisotopic (exact) mass is 349 g/mol. The van der Waals surface area contributed by atoms with Crippen LogP contribution >= 0.6 is 27.3 Å². The molecule has 0 amide bonds. The van der Waals surface area contributed by atoms with Gasteiger partial charge in [-0.2, -0.15) is 0 Å². The normalized spacial score (nSPS) is 15.3. The van der Waals surface area contributed by atoms with Crippen LogP contribution in [0.1, 0.15) is 41.6 Å². The van der Waals surface area contributed by atoms with Gasteiger partial charge in [0.15, 0.2) is 0 Å². The Hall–Kier alpha value is -0.640. The Morgan fingerprint density at radius 1 is 1.25 bits per heavy atom. The lowest BCUT2D eigenvalue weighted by Crippen LogP contribution is -2.22. The first-order valence-corrected chi connectivity index (χ1v) is 9.01. The third-order valence-electron chi connectivity index (χ3n) is 4.04. The number of hydrogen-bond acceptors (Lipinski definition) is 2. The Morgan fingerprint density at radius 3 is 2.85 bits per heavy atom. The minimum absolute atomic E-state index is 0.419. The quantitative estimate of drug-likeness (QED) is 0.809. The summed E-state index contributed by atoms with van der Waals surface area (Å²) in [6.45, 7) is 3.18. The van der Waals surface area contributed by atoms with Crippen LogP contribution in [0.15, 0.2) is 33.4 Å². The van der Waals surface area contributed by atoms with Crippen molar-refractivity contribution >= 4 is 27.3 Å². The standard InChI is InChI=1S/C17H20BrNS/c1-2-19-16(15-10-17(18)20-11-15)9-12-6-7-13-4-3-5-14(13)8-12/h6-8,10-11,16,19H,2-5,9H2,1H3. The highest BCUT2D eigenvalue weighted by Crippen LogP contribution is 2.29. The number of nitrogens with one attached hydrogen (secondary N) is 1. The summed E-state index contributed by atoms with van der Waals surface area (Å²) in [5, 5.41) is 5.87. The summed E-state index contributed by atoms with van der Waals surface area (Å²) in [7, 11) is 0. The van der Waals surface area contributed by atoms with Gasteiger partial charge < -0.3 is 5.32 Å². The zero-order valence-electron chi connectivity index (χ0n) is 11.8. The number of halogens is 1. The molecular weight excluding hydrogens is 330 g/mol. The van der Waals surface area contributed by atoms with E-state index in [9.17, 15) is 0 Å². The van der Waals surface area contributed by atoms with Gasteiger partial charge in [0.1, 0.15) is 0 Å². The predicted molar refractivity (Wildman–Crippen MR) is 90.6 cm³/mol. The second-order valence-corrected chi connectivity index (χ2v) is 7.75. The zero-order chi connectivity index (χ0) is 13.9. The van der Waals surface area contributed by atoms with E-state index in [1.807, 2.05) is 0 Å². The maximum Gasteiger partial charge on any atom is 0.0701 e. The van der Waals surface area contributed by atoms with Gasteiger partial charge in [-0.25, -0.2) is 0 Å². The van der Waals surface area contributed by atoms with Gasteiger partial charge in [-0.3, -0.25) is 0 Å². The molecule has 3 rings (SSSR count). The number of hydrogen-bond donors (Lipinski definition) is 1. The zero-order valence-corrected chi connectivity index (χ0v) is 14.2. The maximum absolute atomic E-state index is 3.61. The summed E-state index contributed by atoms with van der Waals surface area (Å²) in [5.41, 5.74) is 5.99. The van der Waals surface area contributed by atoms with Crippen molar-refractivity contribution in [3.8, 4) is 0 Å². The lowest BCUT2D eigenvalue weighted by atomic mass is 9.98. The van der Waals surface area contributed by atoms with Crippen molar-refractivity contribution in [2.45, 2.75) is 38.6 Å². The lowest BCUT2D eigenvalue weighted by Gasteiger charge is -2.17. The SMILES string of the molecule is CCNC(Cc1ccc2c(c1)CCC2)c1csc(Br)c1. The summed E-state index contributed by atoms with van der Waals surface area (Å²) < 4.78 is 1.21. The van der Waals surface area contributed by atoms with Crippen molar-refractivity contribution in [2.24, 2.45) is 0 Å². The van der Waals surface area contributed by atoms with Crippen LogP contribution < -0.4 is 5.32 Å². The third kappa shape index (κ3) is 3.16. The molecule has 1 aromatic heterocycles. The van der Waals surface area contributed by atoms with Crippen LogP contribution in [-0.4, -0.2) is 6.54 Å². The molecular formula is C17H20BrNS. The van der Waals surface area contributed by atoms with E-state index in [1.165, 1.54) is 34.2 Å². The summed E-state index contributed by atoms with van der Waals surface area (Å²) in [6.07, 6.45) is 4.93. The molecule has 1 aliphatic rings. The highest BCUT2D eigenvalue weighted by atomic mass is 79.9. The van der Waals surface area contributed by atoms with E-state index in [4.69, 9.17) is 0 Å². The van der Waals surface area contributed by atoms with Crippen LogP contribution in [-0.2, 0) is 19.3 Å². The molecule has 0 saturated heterocycles. The average Bonchev–Trinajstić information content (AvgIpc) is 3.06. The number of benzene rings is 1. The smallest absolute Gasteiger partial charge is 0.0701 e. The summed E-state index contributed by atoms with van der Waals surface area (Å²) in [6, 6.07) is 9.74. The van der Waals surface area contributed by atoms with Crippen molar-refractivity contribution in [2.75, 3.05) is 6.54 Å². The molecule has 20 heavy (non-hydrogen) atoms. The molecule has 0 aliphatic heterocycles. The van der Waals surface area contributed by atoms with Gasteiger partial charge in [0.25, 0.3) is 0 Å². The van der Waals surface area contributed by atoms with E-state index in [2.05, 4.69) is 57.8 Å². The molecule has 106 valence electrons. The first kappa shape index (κ1) is 14.3. The van der Waals surface area contributed by atoms with Crippen molar-refractivity contribution < 1.29 is 0 Å². The fourth-order valence-corrected chi connectivity index (χ4v) is 4.28. The van der Waals surface area contributed by atoms with E-state index in [0.29, 0.717) is 6.04 Å². The minimum Gasteiger partial charge on any atom is -0.310 e. The van der Waals surface area contributed by atoms with Gasteiger partial charge >= 0.3 is 0 Å². The van der Waals surface area contributed by atoms with E-state index < -0.39 is 0 Å². The van der Waals surface area contributed by atoms with Crippen LogP contribution in [0, 0.1) is 0 Å². The molecule has 2 aromatic rings. The highest BCUT2D eigenvalue weighted by Gasteiger charge is 2.15. The molecule has 1 aromatic carbocycles. The summed E-state index contributed by atoms with van der Waals surface area (Å²) in [5.74, 6) is 0. The first-order chi connectivity index (χ1) is 9.76. The van der Waals surface area contributed by atoms with Crippen LogP contribution in [0.4, 0.5) is 0 Å². The predicted octanol–water partition coefficient (Wildman–Crippen LogP) is 4.89. The third-order valence-corrected chi connectivity index (χ3v) is 5.57. The number of thiophene rings is 1. The number of aryl methyl sites for hydroxylation is 2. The van der Waals surface area contributed by atoms with Crippen molar-refractivity contribution in [3.05, 3.63) is 55.7 Å². The van der Waals surface area contributed by atoms with Crippen molar-refractivity contribution in [3.63, 3.8) is 0 Å². The molecule has 0 bridgehead atoms. The van der Waals surface area contributed by atoms with Crippen LogP contribution in [0.2, 0.25) is 0 Å². The fraction of sp³-hybridized carbons (Fsp3) is 0.412. The number of rotatable bonds is 5. The molecule has 1 unspecified atom stereocenters. The van der Waals surface area contributed by atoms with Gasteiger partial charge in [0.05, 0.1) is 3.79 Å². The second kappa shape index (κ2) is 6.42. The van der Waals surface area contributed by atoms with Crippen LogP contribution in [0.5, 0.6) is 0 Å². The lowest BCUT2D eigenvalue weighted by molar-refractivity contribution is 0.551. The average molecular weight is 350 g/mol. The van der Waals surface area contributed by atoms with E-state index in [-0.39, 0.29) is 0 Å². The summed E-state index contributed by atoms with van der Waals surface area (Å²) in [4.78, 5) is 0. The highest BCUT2D eigenvalue weighted by molar-refractivity contribution is 9.11. The van der Waals surface area contributed by atoms with E-state index in [1.54, 1.807) is 22.5 Å². The molecule has 1 atom stereocenters. The van der Waals surface area contributed by atoms with E-state index in [0.717, 1.165) is 13.0 Å². The Kier molecular flexibility index (Phi) is 4.59. The van der Waals surface area contributed by atoms with Crippen LogP contribution in [0.25, 0.3) is 0 Å². The van der Waals surface area contributed by atoms with Gasteiger partial charge in [0, 0.05) is 6.04 Å². The molecule has 0 saturated carbocycles. The van der Waals surface area contributed by atoms with Gasteiger partial charge in [-0.1, -0.05) is 25.1 Å². The van der Waals surface area contributed by atoms with Gasteiger partial charge in [-0.15, -0.1) is 11.3 Å². The Balaban J connectivity index is 1.79. The molecule has 3 heteroatoms. The van der Waals surface area contributed by atoms with Crippen molar-refractivity contribution in [1.82, 2.24) is 5.32 Å². The van der Waals surface area contributed by atoms with Crippen LogP contribution in [0.3, 0.4) is 0 Å². The molecule has 0 radical (unpaired) electrons. The fourth-order valence-electron chi connectivity index (χ4n) is 3.05. The molecule has 1 heterocycles. The topological polar surface area (TPSA) is 12.0 Å². The largest absolute Gasteiger partial charge is 0.310 e. The Morgan fingerprint density at radius 2 is 2.10 bits per heavy atom. The Bertz CT molecular complexity index is 590. The second-order valence-electron chi connectivity index (χ2n) is 5.46. The molecule has 0 spiro atoms. The van der Waals surface area contributed by atoms with E-state index >= 15 is 0 Å². The molecule has 1 N–H and O–H groups in total. The van der Waals surface area contributed by atoms with Gasteiger partial charge in [-0.05, 0) is 81.9 Å². The molecule has 0 fully saturated rings.